The number of pyridine rings is 1. The highest BCUT2D eigenvalue weighted by molar-refractivity contribution is 7.99. The predicted octanol–water partition coefficient (Wildman–Crippen LogP) is 4.03. The second-order valence-electron chi connectivity index (χ2n) is 6.29. The van der Waals surface area contributed by atoms with Crippen molar-refractivity contribution in [1.82, 2.24) is 9.88 Å². The summed E-state index contributed by atoms with van der Waals surface area (Å²) in [4.78, 5) is 11.9. The first-order valence-corrected chi connectivity index (χ1v) is 8.80. The van der Waals surface area contributed by atoms with E-state index in [2.05, 4.69) is 52.2 Å². The minimum Gasteiger partial charge on any atom is -0.339 e. The van der Waals surface area contributed by atoms with Gasteiger partial charge in [-0.25, -0.2) is 0 Å². The van der Waals surface area contributed by atoms with E-state index >= 15 is 0 Å². The number of aromatic nitrogens is 1. The van der Waals surface area contributed by atoms with Crippen LogP contribution in [0.1, 0.15) is 12.8 Å². The van der Waals surface area contributed by atoms with Crippen molar-refractivity contribution < 1.29 is 0 Å². The van der Waals surface area contributed by atoms with Gasteiger partial charge in [0, 0.05) is 30.4 Å². The molecule has 0 amide bonds. The molecule has 4 rings (SSSR count). The van der Waals surface area contributed by atoms with E-state index in [0.29, 0.717) is 0 Å². The van der Waals surface area contributed by atoms with Crippen LogP contribution in [0.15, 0.2) is 52.5 Å². The molecule has 22 heavy (non-hydrogen) atoms. The van der Waals surface area contributed by atoms with Crippen LogP contribution in [0.25, 0.3) is 0 Å². The Balaban J connectivity index is 1.68. The maximum atomic E-state index is 4.31. The van der Waals surface area contributed by atoms with E-state index in [9.17, 15) is 0 Å². The molecule has 1 atom stereocenters. The summed E-state index contributed by atoms with van der Waals surface area (Å²) in [6, 6.07) is 10.9. The molecule has 3 nitrogen and oxygen atoms in total. The van der Waals surface area contributed by atoms with Crippen molar-refractivity contribution in [2.45, 2.75) is 22.6 Å². The summed E-state index contributed by atoms with van der Waals surface area (Å²) in [5.41, 5.74) is 2.66. The number of para-hydroxylation sites is 1. The first kappa shape index (κ1) is 14.1. The number of likely N-dealkylation sites (tertiary alicyclic amines) is 1. The summed E-state index contributed by atoms with van der Waals surface area (Å²) >= 11 is 1.83. The molecule has 114 valence electrons. The number of benzene rings is 1. The van der Waals surface area contributed by atoms with Crippen molar-refractivity contribution in [3.8, 4) is 0 Å². The Labute approximate surface area is 136 Å². The zero-order valence-electron chi connectivity index (χ0n) is 12.9. The first-order chi connectivity index (χ1) is 10.8. The maximum Gasteiger partial charge on any atom is 0.0584 e. The van der Waals surface area contributed by atoms with Crippen molar-refractivity contribution in [3.63, 3.8) is 0 Å². The highest BCUT2D eigenvalue weighted by Crippen LogP contribution is 2.47. The molecule has 2 aliphatic heterocycles. The standard InChI is InChI=1S/C18H21N3S/c1-20-10-4-5-14(12-20)13-21-15-6-2-3-7-17(15)22-18-11-19-9-8-16(18)21/h2-3,6-9,11,14H,4-5,10,12-13H2,1H3. The number of rotatable bonds is 2. The lowest BCUT2D eigenvalue weighted by Crippen LogP contribution is -2.38. The molecular weight excluding hydrogens is 290 g/mol. The molecule has 1 saturated heterocycles. The third kappa shape index (κ3) is 2.61. The summed E-state index contributed by atoms with van der Waals surface area (Å²) in [5, 5.41) is 0. The van der Waals surface area contributed by atoms with E-state index in [1.165, 1.54) is 47.1 Å². The van der Waals surface area contributed by atoms with Gasteiger partial charge >= 0.3 is 0 Å². The number of anilines is 2. The van der Waals surface area contributed by atoms with Crippen LogP contribution in [0.5, 0.6) is 0 Å². The van der Waals surface area contributed by atoms with Crippen LogP contribution in [-0.4, -0.2) is 36.6 Å². The smallest absolute Gasteiger partial charge is 0.0584 e. The summed E-state index contributed by atoms with van der Waals surface area (Å²) in [6.07, 6.45) is 6.55. The molecule has 0 bridgehead atoms. The van der Waals surface area contributed by atoms with Crippen molar-refractivity contribution in [1.29, 1.82) is 0 Å². The molecule has 0 spiro atoms. The van der Waals surface area contributed by atoms with Gasteiger partial charge < -0.3 is 9.80 Å². The molecule has 0 aliphatic carbocycles. The van der Waals surface area contributed by atoms with Crippen LogP contribution in [0, 0.1) is 5.92 Å². The van der Waals surface area contributed by atoms with Gasteiger partial charge in [-0.05, 0) is 50.6 Å². The van der Waals surface area contributed by atoms with E-state index < -0.39 is 0 Å². The summed E-state index contributed by atoms with van der Waals surface area (Å²) in [7, 11) is 2.24. The van der Waals surface area contributed by atoms with Gasteiger partial charge in [-0.2, -0.15) is 0 Å². The topological polar surface area (TPSA) is 19.4 Å². The second-order valence-corrected chi connectivity index (χ2v) is 7.38. The minimum absolute atomic E-state index is 0.732. The Hall–Kier alpha value is -1.52. The van der Waals surface area contributed by atoms with Gasteiger partial charge in [0.2, 0.25) is 0 Å². The minimum atomic E-state index is 0.732. The van der Waals surface area contributed by atoms with E-state index in [1.807, 2.05) is 24.2 Å². The molecule has 0 saturated carbocycles. The van der Waals surface area contributed by atoms with E-state index in [4.69, 9.17) is 0 Å². The fraction of sp³-hybridized carbons (Fsp3) is 0.389. The number of nitrogens with zero attached hydrogens (tertiary/aromatic N) is 3. The maximum absolute atomic E-state index is 4.31. The van der Waals surface area contributed by atoms with Gasteiger partial charge in [-0.15, -0.1) is 0 Å². The number of fused-ring (bicyclic) bond motifs is 2. The fourth-order valence-electron chi connectivity index (χ4n) is 3.57. The second kappa shape index (κ2) is 5.94. The zero-order valence-corrected chi connectivity index (χ0v) is 13.7. The molecule has 1 aromatic carbocycles. The van der Waals surface area contributed by atoms with Gasteiger partial charge in [0.15, 0.2) is 0 Å². The largest absolute Gasteiger partial charge is 0.339 e. The molecule has 4 heteroatoms. The van der Waals surface area contributed by atoms with Gasteiger partial charge in [-0.1, -0.05) is 23.9 Å². The summed E-state index contributed by atoms with van der Waals surface area (Å²) in [5.74, 6) is 0.732. The lowest BCUT2D eigenvalue weighted by molar-refractivity contribution is 0.214. The lowest BCUT2D eigenvalue weighted by atomic mass is 9.97. The van der Waals surface area contributed by atoms with Crippen LogP contribution in [0.3, 0.4) is 0 Å². The summed E-state index contributed by atoms with van der Waals surface area (Å²) in [6.45, 7) is 3.54. The van der Waals surface area contributed by atoms with Gasteiger partial charge in [0.1, 0.15) is 0 Å². The molecule has 2 aliphatic rings. The van der Waals surface area contributed by atoms with Crippen LogP contribution < -0.4 is 4.90 Å². The average molecular weight is 311 g/mol. The Bertz CT molecular complexity index is 627. The van der Waals surface area contributed by atoms with Crippen LogP contribution in [0.4, 0.5) is 11.4 Å². The Morgan fingerprint density at radius 2 is 2.05 bits per heavy atom. The van der Waals surface area contributed by atoms with E-state index in [1.54, 1.807) is 0 Å². The van der Waals surface area contributed by atoms with Crippen LogP contribution in [-0.2, 0) is 0 Å². The Morgan fingerprint density at radius 1 is 1.18 bits per heavy atom. The van der Waals surface area contributed by atoms with Crippen molar-refractivity contribution in [3.05, 3.63) is 42.7 Å². The highest BCUT2D eigenvalue weighted by Gasteiger charge is 2.27. The van der Waals surface area contributed by atoms with Gasteiger partial charge in [0.25, 0.3) is 0 Å². The zero-order chi connectivity index (χ0) is 14.9. The first-order valence-electron chi connectivity index (χ1n) is 7.98. The SMILES string of the molecule is CN1CCCC(CN2c3ccccc3Sc3cnccc32)C1. The number of hydrogen-bond donors (Lipinski definition) is 0. The molecule has 2 aromatic rings. The molecule has 0 N–H and O–H groups in total. The monoisotopic (exact) mass is 311 g/mol. The molecular formula is C18H21N3S. The highest BCUT2D eigenvalue weighted by atomic mass is 32.2. The van der Waals surface area contributed by atoms with Gasteiger partial charge in [0.05, 0.1) is 16.3 Å². The molecule has 0 radical (unpaired) electrons. The Morgan fingerprint density at radius 3 is 2.95 bits per heavy atom. The lowest BCUT2D eigenvalue weighted by Gasteiger charge is -2.38. The van der Waals surface area contributed by atoms with Crippen LogP contribution >= 0.6 is 11.8 Å². The quantitative estimate of drug-likeness (QED) is 0.834. The number of hydrogen-bond acceptors (Lipinski definition) is 4. The van der Waals surface area contributed by atoms with E-state index in [-0.39, 0.29) is 0 Å². The predicted molar refractivity (Wildman–Crippen MR) is 92.0 cm³/mol. The molecule has 1 unspecified atom stereocenters. The van der Waals surface area contributed by atoms with Gasteiger partial charge in [-0.3, -0.25) is 4.98 Å². The molecule has 3 heterocycles. The Kier molecular flexibility index (Phi) is 3.80. The van der Waals surface area contributed by atoms with Crippen molar-refractivity contribution >= 4 is 23.1 Å². The summed E-state index contributed by atoms with van der Waals surface area (Å²) < 4.78 is 0. The van der Waals surface area contributed by atoms with E-state index in [0.717, 1.165) is 12.5 Å². The normalized spacial score (nSPS) is 21.3. The third-order valence-corrected chi connectivity index (χ3v) is 5.69. The van der Waals surface area contributed by atoms with Crippen molar-refractivity contribution in [2.75, 3.05) is 31.6 Å². The third-order valence-electron chi connectivity index (χ3n) is 4.59. The average Bonchev–Trinajstić information content (AvgIpc) is 2.55. The molecule has 1 fully saturated rings. The molecule has 1 aromatic heterocycles. The number of piperidine rings is 1. The van der Waals surface area contributed by atoms with Crippen molar-refractivity contribution in [2.24, 2.45) is 5.92 Å². The van der Waals surface area contributed by atoms with Crippen LogP contribution in [0.2, 0.25) is 0 Å². The fourth-order valence-corrected chi connectivity index (χ4v) is 4.63.